The van der Waals surface area contributed by atoms with Gasteiger partial charge in [-0.3, -0.25) is 4.79 Å². The molecule has 2 aliphatic rings. The lowest BCUT2D eigenvalue weighted by atomic mass is 9.86. The molecule has 0 unspecified atom stereocenters. The zero-order valence-electron chi connectivity index (χ0n) is 16.8. The summed E-state index contributed by atoms with van der Waals surface area (Å²) in [6, 6.07) is 0. The summed E-state index contributed by atoms with van der Waals surface area (Å²) in [4.78, 5) is 26.6. The Morgan fingerprint density at radius 2 is 1.78 bits per heavy atom. The molecule has 1 N–H and O–H groups in total. The topological polar surface area (TPSA) is 55.4 Å². The largest absolute Gasteiger partial charge is 0.459 e. The molecule has 0 radical (unpaired) electrons. The van der Waals surface area contributed by atoms with Crippen molar-refractivity contribution in [3.63, 3.8) is 0 Å². The summed E-state index contributed by atoms with van der Waals surface area (Å²) in [7, 11) is 0. The molecule has 27 heavy (non-hydrogen) atoms. The van der Waals surface area contributed by atoms with Gasteiger partial charge in [0.1, 0.15) is 5.00 Å². The summed E-state index contributed by atoms with van der Waals surface area (Å²) in [5.74, 6) is 0.442. The van der Waals surface area contributed by atoms with E-state index in [4.69, 9.17) is 4.74 Å². The minimum atomic E-state index is -0.285. The lowest BCUT2D eigenvalue weighted by Gasteiger charge is -2.21. The van der Waals surface area contributed by atoms with Crippen LogP contribution in [0.5, 0.6) is 0 Å². The van der Waals surface area contributed by atoms with Crippen molar-refractivity contribution in [2.24, 2.45) is 5.92 Å². The van der Waals surface area contributed by atoms with Crippen LogP contribution >= 0.6 is 11.3 Å². The summed E-state index contributed by atoms with van der Waals surface area (Å²) in [5, 5.41) is 3.77. The smallest absolute Gasteiger partial charge is 0.341 e. The highest BCUT2D eigenvalue weighted by molar-refractivity contribution is 7.17. The number of rotatable bonds is 6. The SMILES string of the molecule is CC(C)OC(=O)c1c(NC(=O)CCC2CCCCC2)sc2c1CCCCC2. The Bertz CT molecular complexity index is 659. The highest BCUT2D eigenvalue weighted by Crippen LogP contribution is 2.38. The highest BCUT2D eigenvalue weighted by atomic mass is 32.1. The number of esters is 1. The van der Waals surface area contributed by atoms with Crippen molar-refractivity contribution < 1.29 is 14.3 Å². The van der Waals surface area contributed by atoms with Gasteiger partial charge < -0.3 is 10.1 Å². The monoisotopic (exact) mass is 391 g/mol. The molecule has 1 heterocycles. The van der Waals surface area contributed by atoms with E-state index in [2.05, 4.69) is 5.32 Å². The molecule has 1 amide bonds. The number of carbonyl (C=O) groups is 2. The fourth-order valence-electron chi connectivity index (χ4n) is 4.32. The maximum Gasteiger partial charge on any atom is 0.341 e. The van der Waals surface area contributed by atoms with E-state index in [1.54, 1.807) is 11.3 Å². The second-order valence-corrected chi connectivity index (χ2v) is 9.42. The van der Waals surface area contributed by atoms with Gasteiger partial charge in [0.05, 0.1) is 11.7 Å². The van der Waals surface area contributed by atoms with E-state index in [1.807, 2.05) is 13.8 Å². The maximum absolute atomic E-state index is 12.7. The minimum absolute atomic E-state index is 0.0376. The Labute approximate surface area is 167 Å². The van der Waals surface area contributed by atoms with Gasteiger partial charge in [-0.2, -0.15) is 0 Å². The van der Waals surface area contributed by atoms with Crippen molar-refractivity contribution in [3.05, 3.63) is 16.0 Å². The average molecular weight is 392 g/mol. The fourth-order valence-corrected chi connectivity index (χ4v) is 5.61. The lowest BCUT2D eigenvalue weighted by molar-refractivity contribution is -0.116. The Hall–Kier alpha value is -1.36. The Kier molecular flexibility index (Phi) is 7.33. The summed E-state index contributed by atoms with van der Waals surface area (Å²) in [6.07, 6.45) is 13.2. The summed E-state index contributed by atoms with van der Waals surface area (Å²) < 4.78 is 5.50. The molecule has 2 aliphatic carbocycles. The van der Waals surface area contributed by atoms with Gasteiger partial charge in [0, 0.05) is 11.3 Å². The predicted octanol–water partition coefficient (Wildman–Crippen LogP) is 5.88. The first-order chi connectivity index (χ1) is 13.0. The molecule has 4 nitrogen and oxygen atoms in total. The number of carbonyl (C=O) groups excluding carboxylic acids is 2. The molecule has 5 heteroatoms. The van der Waals surface area contributed by atoms with Crippen LogP contribution in [0, 0.1) is 5.92 Å². The number of ether oxygens (including phenoxy) is 1. The molecule has 0 aliphatic heterocycles. The zero-order chi connectivity index (χ0) is 19.2. The predicted molar refractivity (Wildman–Crippen MR) is 111 cm³/mol. The molecule has 0 spiro atoms. The third-order valence-electron chi connectivity index (χ3n) is 5.73. The third-order valence-corrected chi connectivity index (χ3v) is 6.93. The van der Waals surface area contributed by atoms with Crippen molar-refractivity contribution in [3.8, 4) is 0 Å². The van der Waals surface area contributed by atoms with E-state index < -0.39 is 0 Å². The molecular formula is C22H33NO3S. The van der Waals surface area contributed by atoms with Crippen LogP contribution < -0.4 is 5.32 Å². The van der Waals surface area contributed by atoms with Gasteiger partial charge >= 0.3 is 5.97 Å². The summed E-state index contributed by atoms with van der Waals surface area (Å²) >= 11 is 1.59. The van der Waals surface area contributed by atoms with Crippen LogP contribution in [0.25, 0.3) is 0 Å². The fraction of sp³-hybridized carbons (Fsp3) is 0.727. The number of hydrogen-bond donors (Lipinski definition) is 1. The van der Waals surface area contributed by atoms with Crippen molar-refractivity contribution >= 4 is 28.2 Å². The second-order valence-electron chi connectivity index (χ2n) is 8.31. The van der Waals surface area contributed by atoms with Gasteiger partial charge in [-0.05, 0) is 57.4 Å². The quantitative estimate of drug-likeness (QED) is 0.486. The lowest BCUT2D eigenvalue weighted by Crippen LogP contribution is -2.18. The highest BCUT2D eigenvalue weighted by Gasteiger charge is 2.27. The number of hydrogen-bond acceptors (Lipinski definition) is 4. The number of fused-ring (bicyclic) bond motifs is 1. The van der Waals surface area contributed by atoms with Crippen LogP contribution in [-0.4, -0.2) is 18.0 Å². The molecule has 0 saturated heterocycles. The number of amides is 1. The molecule has 1 aromatic heterocycles. The molecule has 0 bridgehead atoms. The Morgan fingerprint density at radius 3 is 2.52 bits per heavy atom. The van der Waals surface area contributed by atoms with Gasteiger partial charge in [-0.25, -0.2) is 4.79 Å². The first kappa shape index (κ1) is 20.4. The van der Waals surface area contributed by atoms with Crippen molar-refractivity contribution in [1.82, 2.24) is 0 Å². The number of anilines is 1. The molecule has 3 rings (SSSR count). The second kappa shape index (κ2) is 9.72. The standard InChI is InChI=1S/C22H33NO3S/c1-15(2)26-22(25)20-17-11-7-4-8-12-18(17)27-21(20)23-19(24)14-13-16-9-5-3-6-10-16/h15-16H,3-14H2,1-2H3,(H,23,24). The first-order valence-corrected chi connectivity index (χ1v) is 11.5. The van der Waals surface area contributed by atoms with Crippen molar-refractivity contribution in [2.45, 2.75) is 97.0 Å². The van der Waals surface area contributed by atoms with Crippen LogP contribution in [0.15, 0.2) is 0 Å². The van der Waals surface area contributed by atoms with E-state index in [9.17, 15) is 9.59 Å². The third kappa shape index (κ3) is 5.56. The van der Waals surface area contributed by atoms with E-state index in [-0.39, 0.29) is 18.0 Å². The van der Waals surface area contributed by atoms with E-state index in [0.29, 0.717) is 22.9 Å². The van der Waals surface area contributed by atoms with Gasteiger partial charge in [-0.15, -0.1) is 11.3 Å². The Morgan fingerprint density at radius 1 is 1.07 bits per heavy atom. The van der Waals surface area contributed by atoms with Crippen LogP contribution in [0.2, 0.25) is 0 Å². The van der Waals surface area contributed by atoms with Crippen LogP contribution in [0.1, 0.15) is 98.9 Å². The number of thiophene rings is 1. The normalized spacial score (nSPS) is 18.0. The van der Waals surface area contributed by atoms with Gasteiger partial charge in [-0.1, -0.05) is 38.5 Å². The van der Waals surface area contributed by atoms with Crippen LogP contribution in [0.3, 0.4) is 0 Å². The average Bonchev–Trinajstić information content (AvgIpc) is 2.81. The maximum atomic E-state index is 12.7. The summed E-state index contributed by atoms with van der Waals surface area (Å²) in [5.41, 5.74) is 1.74. The van der Waals surface area contributed by atoms with Gasteiger partial charge in [0.25, 0.3) is 0 Å². The molecule has 150 valence electrons. The molecule has 1 fully saturated rings. The minimum Gasteiger partial charge on any atom is -0.459 e. The van der Waals surface area contributed by atoms with Crippen LogP contribution in [-0.2, 0) is 22.4 Å². The zero-order valence-corrected chi connectivity index (χ0v) is 17.6. The van der Waals surface area contributed by atoms with E-state index in [0.717, 1.165) is 37.7 Å². The van der Waals surface area contributed by atoms with E-state index >= 15 is 0 Å². The molecule has 0 aromatic carbocycles. The van der Waals surface area contributed by atoms with Crippen molar-refractivity contribution in [2.75, 3.05) is 5.32 Å². The van der Waals surface area contributed by atoms with Gasteiger partial charge in [0.15, 0.2) is 0 Å². The number of nitrogens with one attached hydrogen (secondary N) is 1. The molecule has 1 saturated carbocycles. The summed E-state index contributed by atoms with van der Waals surface area (Å²) in [6.45, 7) is 3.73. The molecule has 1 aromatic rings. The molecular weight excluding hydrogens is 358 g/mol. The number of aryl methyl sites for hydroxylation is 1. The Balaban J connectivity index is 1.71. The van der Waals surface area contributed by atoms with Crippen LogP contribution in [0.4, 0.5) is 5.00 Å². The van der Waals surface area contributed by atoms with Gasteiger partial charge in [0.2, 0.25) is 5.91 Å². The van der Waals surface area contributed by atoms with E-state index in [1.165, 1.54) is 43.4 Å². The van der Waals surface area contributed by atoms with Crippen molar-refractivity contribution in [1.29, 1.82) is 0 Å². The first-order valence-electron chi connectivity index (χ1n) is 10.7. The molecule has 0 atom stereocenters.